The van der Waals surface area contributed by atoms with Gasteiger partial charge in [0.25, 0.3) is 0 Å². The van der Waals surface area contributed by atoms with Crippen molar-refractivity contribution in [1.29, 1.82) is 0 Å². The van der Waals surface area contributed by atoms with Gasteiger partial charge in [0, 0.05) is 25.3 Å². The van der Waals surface area contributed by atoms with Gasteiger partial charge in [-0.15, -0.1) is 0 Å². The smallest absolute Gasteiger partial charge is 0.408 e. The fourth-order valence-electron chi connectivity index (χ4n) is 4.90. The monoisotopic (exact) mass is 574 g/mol. The number of anilines is 1. The van der Waals surface area contributed by atoms with Crippen LogP contribution in [-0.2, 0) is 33.7 Å². The van der Waals surface area contributed by atoms with Gasteiger partial charge in [-0.3, -0.25) is 4.90 Å². The minimum Gasteiger partial charge on any atom is -0.492 e. The second-order valence-corrected chi connectivity index (χ2v) is 10.4. The van der Waals surface area contributed by atoms with Crippen molar-refractivity contribution in [1.82, 2.24) is 15.2 Å². The number of ether oxygens (including phenoxy) is 3. The third-order valence-corrected chi connectivity index (χ3v) is 7.25. The van der Waals surface area contributed by atoms with Gasteiger partial charge in [0.15, 0.2) is 0 Å². The third kappa shape index (κ3) is 10.4. The van der Waals surface area contributed by atoms with Gasteiger partial charge in [-0.05, 0) is 74.4 Å². The molecule has 2 aromatic carbocycles. The van der Waals surface area contributed by atoms with Crippen LogP contribution in [-0.4, -0.2) is 67.9 Å². The Morgan fingerprint density at radius 2 is 1.76 bits per heavy atom. The van der Waals surface area contributed by atoms with E-state index >= 15 is 0 Å². The Morgan fingerprint density at radius 1 is 0.976 bits per heavy atom. The number of methoxy groups -OCH3 is 1. The summed E-state index contributed by atoms with van der Waals surface area (Å²) in [4.78, 5) is 32.1. The molecule has 1 aromatic heterocycles. The minimum absolute atomic E-state index is 0.124. The number of para-hydroxylation sites is 1. The second-order valence-electron chi connectivity index (χ2n) is 10.4. The number of carbonyl (C=O) groups excluding carboxylic acids is 2. The lowest BCUT2D eigenvalue weighted by molar-refractivity contribution is -0.143. The molecule has 0 fully saturated rings. The molecule has 1 amide bonds. The average Bonchev–Trinajstić information content (AvgIpc) is 3.04. The van der Waals surface area contributed by atoms with Gasteiger partial charge >= 0.3 is 12.1 Å². The van der Waals surface area contributed by atoms with E-state index in [1.165, 1.54) is 12.7 Å². The summed E-state index contributed by atoms with van der Waals surface area (Å²) in [5.74, 6) is 1.35. The van der Waals surface area contributed by atoms with E-state index in [9.17, 15) is 9.59 Å². The van der Waals surface area contributed by atoms with Crippen LogP contribution in [0.3, 0.4) is 0 Å². The van der Waals surface area contributed by atoms with Crippen LogP contribution >= 0.6 is 0 Å². The van der Waals surface area contributed by atoms with E-state index in [0.29, 0.717) is 26.1 Å². The normalized spacial score (nSPS) is 13.0. The maximum absolute atomic E-state index is 12.5. The van der Waals surface area contributed by atoms with Gasteiger partial charge in [0.05, 0.1) is 7.11 Å². The Kier molecular flexibility index (Phi) is 12.5. The molecule has 0 bridgehead atoms. The van der Waals surface area contributed by atoms with E-state index < -0.39 is 18.1 Å². The number of rotatable bonds is 16. The number of alkyl carbamates (subject to hydrolysis) is 1. The molecule has 0 radical (unpaired) electrons. The van der Waals surface area contributed by atoms with Crippen molar-refractivity contribution < 1.29 is 23.8 Å². The van der Waals surface area contributed by atoms with Crippen LogP contribution in [0.25, 0.3) is 0 Å². The van der Waals surface area contributed by atoms with Crippen molar-refractivity contribution >= 4 is 17.9 Å². The standard InChI is InChI=1S/C33H42N4O5/c1-40-32(38)30(36-33(39)42-25-26-11-4-2-5-12-26)19-22-37(23-24-41-29-15-6-3-7-16-29)21-9-8-14-28-18-17-27-13-10-20-34-31(27)35-28/h2-7,11-12,15-18,30H,8-10,13-14,19-25H2,1H3,(H,34,35)(H,36,39)/t30-/m0/s1. The van der Waals surface area contributed by atoms with Crippen LogP contribution < -0.4 is 15.4 Å². The van der Waals surface area contributed by atoms with Gasteiger partial charge in [-0.25, -0.2) is 14.6 Å². The number of unbranched alkanes of at least 4 members (excludes halogenated alkanes) is 1. The molecule has 42 heavy (non-hydrogen) atoms. The number of hydrogen-bond donors (Lipinski definition) is 2. The van der Waals surface area contributed by atoms with Gasteiger partial charge in [0.2, 0.25) is 0 Å². The number of carbonyl (C=O) groups is 2. The van der Waals surface area contributed by atoms with Crippen LogP contribution in [0.5, 0.6) is 5.75 Å². The molecule has 4 rings (SSSR count). The first-order valence-electron chi connectivity index (χ1n) is 14.8. The van der Waals surface area contributed by atoms with Crippen molar-refractivity contribution in [3.05, 3.63) is 89.6 Å². The lowest BCUT2D eigenvalue weighted by Gasteiger charge is -2.25. The van der Waals surface area contributed by atoms with Crippen molar-refractivity contribution in [3.8, 4) is 5.75 Å². The Morgan fingerprint density at radius 3 is 2.55 bits per heavy atom. The topological polar surface area (TPSA) is 102 Å². The predicted octanol–water partition coefficient (Wildman–Crippen LogP) is 5.00. The number of hydrogen-bond acceptors (Lipinski definition) is 8. The van der Waals surface area contributed by atoms with Gasteiger partial charge in [-0.1, -0.05) is 54.6 Å². The maximum Gasteiger partial charge on any atom is 0.408 e. The zero-order valence-corrected chi connectivity index (χ0v) is 24.4. The molecule has 0 saturated heterocycles. The number of fused-ring (bicyclic) bond motifs is 1. The molecule has 2 N–H and O–H groups in total. The average molecular weight is 575 g/mol. The summed E-state index contributed by atoms with van der Waals surface area (Å²) in [6.45, 7) is 3.71. The van der Waals surface area contributed by atoms with Crippen molar-refractivity contribution in [2.24, 2.45) is 0 Å². The number of nitrogens with one attached hydrogen (secondary N) is 2. The van der Waals surface area contributed by atoms with E-state index in [0.717, 1.165) is 68.0 Å². The van der Waals surface area contributed by atoms with Gasteiger partial charge in [-0.2, -0.15) is 0 Å². The first-order valence-corrected chi connectivity index (χ1v) is 14.8. The molecule has 0 saturated carbocycles. The summed E-state index contributed by atoms with van der Waals surface area (Å²) in [6, 6.07) is 22.6. The number of benzene rings is 2. The summed E-state index contributed by atoms with van der Waals surface area (Å²) in [5, 5.41) is 6.09. The fraction of sp³-hybridized carbons (Fsp3) is 0.424. The Balaban J connectivity index is 1.28. The van der Waals surface area contributed by atoms with Gasteiger partial charge in [0.1, 0.15) is 30.8 Å². The summed E-state index contributed by atoms with van der Waals surface area (Å²) in [6.07, 6.45) is 4.83. The molecule has 224 valence electrons. The first-order chi connectivity index (χ1) is 20.6. The predicted molar refractivity (Wildman–Crippen MR) is 163 cm³/mol. The number of aryl methyl sites for hydroxylation is 2. The Bertz CT molecular complexity index is 1240. The quantitative estimate of drug-likeness (QED) is 0.182. The fourth-order valence-corrected chi connectivity index (χ4v) is 4.90. The largest absolute Gasteiger partial charge is 0.492 e. The number of pyridine rings is 1. The molecule has 0 aliphatic carbocycles. The maximum atomic E-state index is 12.5. The number of amides is 1. The van der Waals surface area contributed by atoms with E-state index in [2.05, 4.69) is 27.7 Å². The first kappa shape index (κ1) is 30.8. The highest BCUT2D eigenvalue weighted by atomic mass is 16.6. The molecule has 1 aliphatic rings. The van der Waals surface area contributed by atoms with Crippen molar-refractivity contribution in [3.63, 3.8) is 0 Å². The van der Waals surface area contributed by atoms with Crippen LogP contribution in [0.1, 0.15) is 42.5 Å². The zero-order chi connectivity index (χ0) is 29.4. The van der Waals surface area contributed by atoms with E-state index in [1.54, 1.807) is 0 Å². The summed E-state index contributed by atoms with van der Waals surface area (Å²) in [7, 11) is 1.32. The molecular weight excluding hydrogens is 532 g/mol. The highest BCUT2D eigenvalue weighted by Gasteiger charge is 2.23. The summed E-state index contributed by atoms with van der Waals surface area (Å²) < 4.78 is 16.2. The van der Waals surface area contributed by atoms with Crippen LogP contribution in [0.15, 0.2) is 72.8 Å². The third-order valence-electron chi connectivity index (χ3n) is 7.25. The Hall–Kier alpha value is -4.11. The highest BCUT2D eigenvalue weighted by Crippen LogP contribution is 2.20. The molecule has 1 atom stereocenters. The number of aromatic nitrogens is 1. The number of esters is 1. The molecular formula is C33H42N4O5. The lowest BCUT2D eigenvalue weighted by Crippen LogP contribution is -2.44. The highest BCUT2D eigenvalue weighted by molar-refractivity contribution is 5.81. The molecule has 0 unspecified atom stereocenters. The molecule has 2 heterocycles. The van der Waals surface area contributed by atoms with E-state index in [-0.39, 0.29) is 6.61 Å². The van der Waals surface area contributed by atoms with Crippen LogP contribution in [0, 0.1) is 0 Å². The second kappa shape index (κ2) is 17.0. The number of nitrogens with zero attached hydrogens (tertiary/aromatic N) is 2. The van der Waals surface area contributed by atoms with E-state index in [1.807, 2.05) is 60.7 Å². The van der Waals surface area contributed by atoms with E-state index in [4.69, 9.17) is 19.2 Å². The van der Waals surface area contributed by atoms with Crippen LogP contribution in [0.4, 0.5) is 10.6 Å². The van der Waals surface area contributed by atoms with Gasteiger partial charge < -0.3 is 24.8 Å². The zero-order valence-electron chi connectivity index (χ0n) is 24.4. The molecule has 1 aliphatic heterocycles. The lowest BCUT2D eigenvalue weighted by atomic mass is 10.1. The van der Waals surface area contributed by atoms with Crippen molar-refractivity contribution in [2.45, 2.75) is 51.2 Å². The Labute approximate surface area is 248 Å². The SMILES string of the molecule is COC(=O)[C@H](CCN(CCCCc1ccc2c(n1)NCCC2)CCOc1ccccc1)NC(=O)OCc1ccccc1. The molecule has 3 aromatic rings. The van der Waals surface area contributed by atoms with Crippen LogP contribution in [0.2, 0.25) is 0 Å². The molecule has 9 heteroatoms. The molecule has 0 spiro atoms. The summed E-state index contributed by atoms with van der Waals surface area (Å²) >= 11 is 0. The molecule has 9 nitrogen and oxygen atoms in total. The van der Waals surface area contributed by atoms with Crippen molar-refractivity contribution in [2.75, 3.05) is 45.2 Å². The summed E-state index contributed by atoms with van der Waals surface area (Å²) in [5.41, 5.74) is 3.27. The minimum atomic E-state index is -0.817.